The van der Waals surface area contributed by atoms with Crippen LogP contribution in [0.25, 0.3) is 11.0 Å². The van der Waals surface area contributed by atoms with Crippen molar-refractivity contribution in [3.05, 3.63) is 35.6 Å². The van der Waals surface area contributed by atoms with E-state index in [2.05, 4.69) is 0 Å². The molecule has 1 aromatic carbocycles. The van der Waals surface area contributed by atoms with Gasteiger partial charge in [-0.15, -0.1) is 0 Å². The van der Waals surface area contributed by atoms with Gasteiger partial charge < -0.3 is 14.4 Å². The minimum atomic E-state index is -1.10. The number of carbonyl (C=O) groups is 2. The van der Waals surface area contributed by atoms with Gasteiger partial charge in [-0.3, -0.25) is 4.79 Å². The number of aromatic carboxylic acids is 1. The maximum atomic E-state index is 11.7. The van der Waals surface area contributed by atoms with E-state index in [0.29, 0.717) is 30.7 Å². The second kappa shape index (κ2) is 4.42. The number of furan rings is 1. The highest BCUT2D eigenvalue weighted by Crippen LogP contribution is 2.28. The van der Waals surface area contributed by atoms with E-state index in [1.165, 1.54) is 0 Å². The summed E-state index contributed by atoms with van der Waals surface area (Å²) in [5.41, 5.74) is 1.12. The van der Waals surface area contributed by atoms with Gasteiger partial charge in [0.25, 0.3) is 0 Å². The third-order valence-corrected chi connectivity index (χ3v) is 3.41. The van der Waals surface area contributed by atoms with Gasteiger partial charge in [0.05, 0.1) is 6.54 Å². The Labute approximate surface area is 109 Å². The van der Waals surface area contributed by atoms with Gasteiger partial charge in [0.15, 0.2) is 0 Å². The zero-order valence-corrected chi connectivity index (χ0v) is 10.3. The van der Waals surface area contributed by atoms with Crippen LogP contribution in [0.5, 0.6) is 0 Å². The van der Waals surface area contributed by atoms with Crippen LogP contribution in [0.3, 0.4) is 0 Å². The number of carboxylic acid groups (broad SMARTS) is 1. The van der Waals surface area contributed by atoms with Crippen molar-refractivity contribution in [2.45, 2.75) is 19.4 Å². The first-order valence-electron chi connectivity index (χ1n) is 6.18. The molecule has 1 N–H and O–H groups in total. The summed E-state index contributed by atoms with van der Waals surface area (Å²) in [6, 6.07) is 7.18. The fourth-order valence-corrected chi connectivity index (χ4v) is 2.49. The Morgan fingerprint density at radius 2 is 2.16 bits per heavy atom. The number of benzene rings is 1. The van der Waals surface area contributed by atoms with Gasteiger partial charge in [0, 0.05) is 23.9 Å². The number of hydrogen-bond donors (Lipinski definition) is 1. The van der Waals surface area contributed by atoms with Crippen molar-refractivity contribution in [3.63, 3.8) is 0 Å². The maximum Gasteiger partial charge on any atom is 0.372 e. The highest BCUT2D eigenvalue weighted by molar-refractivity contribution is 5.95. The molecule has 0 aliphatic carbocycles. The van der Waals surface area contributed by atoms with Gasteiger partial charge in [-0.05, 0) is 12.5 Å². The number of para-hydroxylation sites is 1. The monoisotopic (exact) mass is 259 g/mol. The number of carboxylic acids is 1. The molecule has 1 aliphatic heterocycles. The second-order valence-electron chi connectivity index (χ2n) is 4.63. The summed E-state index contributed by atoms with van der Waals surface area (Å²) in [6.07, 6.45) is 1.37. The molecule has 0 saturated carbocycles. The first-order chi connectivity index (χ1) is 9.16. The van der Waals surface area contributed by atoms with E-state index in [4.69, 9.17) is 4.42 Å². The van der Waals surface area contributed by atoms with E-state index in [9.17, 15) is 14.7 Å². The number of carbonyl (C=O) groups excluding carboxylic acids is 1. The minimum absolute atomic E-state index is 0.0686. The largest absolute Gasteiger partial charge is 0.475 e. The van der Waals surface area contributed by atoms with Crippen molar-refractivity contribution < 1.29 is 19.1 Å². The molecule has 0 radical (unpaired) electrons. The minimum Gasteiger partial charge on any atom is -0.475 e. The van der Waals surface area contributed by atoms with E-state index in [1.807, 2.05) is 12.1 Å². The van der Waals surface area contributed by atoms with Crippen LogP contribution in [0, 0.1) is 0 Å². The average molecular weight is 259 g/mol. The van der Waals surface area contributed by atoms with Crippen molar-refractivity contribution in [1.29, 1.82) is 0 Å². The van der Waals surface area contributed by atoms with Crippen LogP contribution in [-0.4, -0.2) is 28.4 Å². The number of amides is 1. The van der Waals surface area contributed by atoms with Crippen molar-refractivity contribution in [3.8, 4) is 0 Å². The standard InChI is InChI=1S/C14H13NO4/c16-12-6-3-7-15(12)8-10-9-4-1-2-5-11(9)19-13(10)14(17)18/h1-2,4-5H,3,6-8H2,(H,17,18). The second-order valence-corrected chi connectivity index (χ2v) is 4.63. The van der Waals surface area contributed by atoms with E-state index in [-0.39, 0.29) is 11.7 Å². The fraction of sp³-hybridized carbons (Fsp3) is 0.286. The maximum absolute atomic E-state index is 11.7. The van der Waals surface area contributed by atoms with Gasteiger partial charge in [0.2, 0.25) is 11.7 Å². The molecule has 0 atom stereocenters. The summed E-state index contributed by atoms with van der Waals surface area (Å²) in [5.74, 6) is -1.10. The molecule has 2 heterocycles. The van der Waals surface area contributed by atoms with Crippen LogP contribution in [0.1, 0.15) is 29.0 Å². The Bertz CT molecular complexity index is 659. The molecule has 2 aromatic rings. The first kappa shape index (κ1) is 11.8. The van der Waals surface area contributed by atoms with Crippen molar-refractivity contribution >= 4 is 22.8 Å². The number of rotatable bonds is 3. The Hall–Kier alpha value is -2.30. The fourth-order valence-electron chi connectivity index (χ4n) is 2.49. The molecule has 1 fully saturated rings. The van der Waals surface area contributed by atoms with Crippen molar-refractivity contribution in [2.75, 3.05) is 6.54 Å². The Kier molecular flexibility index (Phi) is 2.74. The summed E-state index contributed by atoms with van der Waals surface area (Å²) < 4.78 is 5.37. The molecule has 0 unspecified atom stereocenters. The van der Waals surface area contributed by atoms with E-state index >= 15 is 0 Å². The Morgan fingerprint density at radius 1 is 1.37 bits per heavy atom. The van der Waals surface area contributed by atoms with Gasteiger partial charge in [-0.1, -0.05) is 18.2 Å². The molecule has 5 heteroatoms. The predicted octanol–water partition coefficient (Wildman–Crippen LogP) is 2.25. The van der Waals surface area contributed by atoms with Crippen LogP contribution in [0.15, 0.2) is 28.7 Å². The third kappa shape index (κ3) is 1.97. The molecule has 1 aliphatic rings. The molecule has 5 nitrogen and oxygen atoms in total. The zero-order valence-electron chi connectivity index (χ0n) is 10.3. The molecule has 98 valence electrons. The lowest BCUT2D eigenvalue weighted by atomic mass is 10.1. The quantitative estimate of drug-likeness (QED) is 0.917. The molecule has 3 rings (SSSR count). The molecule has 1 amide bonds. The summed E-state index contributed by atoms with van der Waals surface area (Å²) >= 11 is 0. The predicted molar refractivity (Wildman–Crippen MR) is 67.8 cm³/mol. The number of hydrogen-bond acceptors (Lipinski definition) is 3. The lowest BCUT2D eigenvalue weighted by Crippen LogP contribution is -2.24. The van der Waals surface area contributed by atoms with Gasteiger partial charge >= 0.3 is 5.97 Å². The lowest BCUT2D eigenvalue weighted by Gasteiger charge is -2.14. The van der Waals surface area contributed by atoms with Crippen LogP contribution in [-0.2, 0) is 11.3 Å². The summed E-state index contributed by atoms with van der Waals surface area (Å²) in [4.78, 5) is 24.6. The number of nitrogens with zero attached hydrogens (tertiary/aromatic N) is 1. The highest BCUT2D eigenvalue weighted by Gasteiger charge is 2.26. The zero-order chi connectivity index (χ0) is 13.4. The van der Waals surface area contributed by atoms with Crippen LogP contribution in [0.2, 0.25) is 0 Å². The molecule has 1 aromatic heterocycles. The molecule has 0 spiro atoms. The van der Waals surface area contributed by atoms with Crippen molar-refractivity contribution in [1.82, 2.24) is 4.90 Å². The van der Waals surface area contributed by atoms with E-state index in [0.717, 1.165) is 11.8 Å². The SMILES string of the molecule is O=C(O)c1oc2ccccc2c1CN1CCCC1=O. The van der Waals surface area contributed by atoms with E-state index in [1.54, 1.807) is 17.0 Å². The molecular weight excluding hydrogens is 246 g/mol. The number of fused-ring (bicyclic) bond motifs is 1. The lowest BCUT2D eigenvalue weighted by molar-refractivity contribution is -0.128. The summed E-state index contributed by atoms with van der Waals surface area (Å²) in [6.45, 7) is 0.981. The van der Waals surface area contributed by atoms with Gasteiger partial charge in [-0.25, -0.2) is 4.79 Å². The molecular formula is C14H13NO4. The number of likely N-dealkylation sites (tertiary alicyclic amines) is 1. The molecule has 1 saturated heterocycles. The molecule has 19 heavy (non-hydrogen) atoms. The first-order valence-corrected chi connectivity index (χ1v) is 6.18. The van der Waals surface area contributed by atoms with Gasteiger partial charge in [-0.2, -0.15) is 0 Å². The summed E-state index contributed by atoms with van der Waals surface area (Å²) in [5, 5.41) is 9.97. The molecule has 0 bridgehead atoms. The van der Waals surface area contributed by atoms with Crippen LogP contribution >= 0.6 is 0 Å². The van der Waals surface area contributed by atoms with Gasteiger partial charge in [0.1, 0.15) is 5.58 Å². The highest BCUT2D eigenvalue weighted by atomic mass is 16.4. The third-order valence-electron chi connectivity index (χ3n) is 3.41. The van der Waals surface area contributed by atoms with Crippen LogP contribution < -0.4 is 0 Å². The Balaban J connectivity index is 2.07. The Morgan fingerprint density at radius 3 is 2.84 bits per heavy atom. The average Bonchev–Trinajstić information content (AvgIpc) is 2.95. The summed E-state index contributed by atoms with van der Waals surface area (Å²) in [7, 11) is 0. The normalized spacial score (nSPS) is 15.4. The van der Waals surface area contributed by atoms with E-state index < -0.39 is 5.97 Å². The van der Waals surface area contributed by atoms with Crippen LogP contribution in [0.4, 0.5) is 0 Å². The smallest absolute Gasteiger partial charge is 0.372 e. The topological polar surface area (TPSA) is 70.8 Å². The van der Waals surface area contributed by atoms with Crippen molar-refractivity contribution in [2.24, 2.45) is 0 Å².